The second-order valence-electron chi connectivity index (χ2n) is 4.48. The Labute approximate surface area is 114 Å². The van der Waals surface area contributed by atoms with Crippen LogP contribution in [0.1, 0.15) is 40.4 Å². The van der Waals surface area contributed by atoms with Gasteiger partial charge in [-0.3, -0.25) is 9.59 Å². The molecular weight excluding hydrogens is 262 g/mol. The summed E-state index contributed by atoms with van der Waals surface area (Å²) >= 11 is 0. The van der Waals surface area contributed by atoms with Gasteiger partial charge in [0.2, 0.25) is 0 Å². The summed E-state index contributed by atoms with van der Waals surface area (Å²) in [5, 5.41) is 20.0. The highest BCUT2D eigenvalue weighted by Gasteiger charge is 2.21. The number of hydrogen-bond acceptors (Lipinski definition) is 6. The zero-order chi connectivity index (χ0) is 14.9. The normalized spacial score (nSPS) is 12.2. The van der Waals surface area contributed by atoms with Gasteiger partial charge in [0.15, 0.2) is 5.82 Å². The maximum Gasteiger partial charge on any atom is 0.279 e. The van der Waals surface area contributed by atoms with Crippen molar-refractivity contribution in [2.75, 3.05) is 0 Å². The van der Waals surface area contributed by atoms with Crippen molar-refractivity contribution in [1.82, 2.24) is 35.7 Å². The summed E-state index contributed by atoms with van der Waals surface area (Å²) in [6.45, 7) is 5.14. The van der Waals surface area contributed by atoms with Gasteiger partial charge in [-0.05, 0) is 26.3 Å². The van der Waals surface area contributed by atoms with Gasteiger partial charge in [0.05, 0.1) is 11.7 Å². The van der Waals surface area contributed by atoms with Crippen LogP contribution in [0.5, 0.6) is 0 Å². The molecule has 2 rings (SSSR count). The molecule has 2 heterocycles. The Hall–Kier alpha value is -2.58. The Bertz CT molecular complexity index is 690. The molecule has 106 valence electrons. The van der Waals surface area contributed by atoms with Crippen molar-refractivity contribution in [3.63, 3.8) is 0 Å². The van der Waals surface area contributed by atoms with E-state index >= 15 is 0 Å². The average Bonchev–Trinajstić information content (AvgIpc) is 2.90. The van der Waals surface area contributed by atoms with E-state index in [9.17, 15) is 9.59 Å². The number of tetrazole rings is 1. The number of nitrogens with one attached hydrogen (secondary N) is 2. The summed E-state index contributed by atoms with van der Waals surface area (Å²) in [5.41, 5.74) is 0.830. The molecule has 2 N–H and O–H groups in total. The fourth-order valence-electron chi connectivity index (χ4n) is 1.80. The van der Waals surface area contributed by atoms with Crippen LogP contribution in [0.25, 0.3) is 0 Å². The lowest BCUT2D eigenvalue weighted by Gasteiger charge is -2.12. The fraction of sp³-hybridized carbons (Fsp3) is 0.455. The van der Waals surface area contributed by atoms with Crippen LogP contribution in [-0.4, -0.2) is 36.3 Å². The summed E-state index contributed by atoms with van der Waals surface area (Å²) in [4.78, 5) is 24.3. The van der Waals surface area contributed by atoms with E-state index in [2.05, 4.69) is 31.0 Å². The molecule has 2 aromatic rings. The highest BCUT2D eigenvalue weighted by atomic mass is 16.2. The minimum absolute atomic E-state index is 0.0790. The van der Waals surface area contributed by atoms with E-state index in [0.717, 1.165) is 4.68 Å². The predicted molar refractivity (Wildman–Crippen MR) is 69.0 cm³/mol. The van der Waals surface area contributed by atoms with Gasteiger partial charge in [-0.15, -0.1) is 10.2 Å². The Balaban J connectivity index is 2.33. The molecule has 0 aliphatic heterocycles. The van der Waals surface area contributed by atoms with Crippen molar-refractivity contribution < 1.29 is 4.79 Å². The zero-order valence-corrected chi connectivity index (χ0v) is 11.6. The van der Waals surface area contributed by atoms with Crippen LogP contribution in [-0.2, 0) is 7.05 Å². The third-order valence-electron chi connectivity index (χ3n) is 3.05. The summed E-state index contributed by atoms with van der Waals surface area (Å²) in [6.07, 6.45) is 0. The second kappa shape index (κ2) is 5.19. The topological polar surface area (TPSA) is 118 Å². The number of aromatic amines is 1. The largest absolute Gasteiger partial charge is 0.342 e. The van der Waals surface area contributed by atoms with Crippen LogP contribution in [0.4, 0.5) is 0 Å². The number of H-pyrrole nitrogens is 1. The van der Waals surface area contributed by atoms with Crippen molar-refractivity contribution >= 4 is 5.91 Å². The van der Waals surface area contributed by atoms with E-state index in [1.54, 1.807) is 20.8 Å². The maximum atomic E-state index is 12.3. The molecule has 0 aromatic carbocycles. The fourth-order valence-corrected chi connectivity index (χ4v) is 1.80. The number of rotatable bonds is 3. The van der Waals surface area contributed by atoms with E-state index in [1.165, 1.54) is 7.05 Å². The van der Waals surface area contributed by atoms with Gasteiger partial charge in [0, 0.05) is 7.05 Å². The molecule has 0 bridgehead atoms. The summed E-state index contributed by atoms with van der Waals surface area (Å²) in [5.74, 6) is -0.135. The number of amides is 1. The van der Waals surface area contributed by atoms with Crippen LogP contribution in [0.3, 0.4) is 0 Å². The molecule has 0 spiro atoms. The second-order valence-corrected chi connectivity index (χ2v) is 4.48. The van der Waals surface area contributed by atoms with Gasteiger partial charge in [0.1, 0.15) is 5.56 Å². The Morgan fingerprint density at radius 2 is 2.10 bits per heavy atom. The number of hydrogen-bond donors (Lipinski definition) is 2. The standard InChI is InChI=1S/C11H15N7O2/c1-5-6(2)15-18(4)11(20)8(5)10(19)12-7(3)9-13-16-17-14-9/h7H,1-4H3,(H,12,19)(H,13,14,16,17). The summed E-state index contributed by atoms with van der Waals surface area (Å²) in [7, 11) is 1.51. The Kier molecular flexibility index (Phi) is 3.59. The zero-order valence-electron chi connectivity index (χ0n) is 11.6. The molecule has 9 nitrogen and oxygen atoms in total. The Morgan fingerprint density at radius 1 is 1.40 bits per heavy atom. The maximum absolute atomic E-state index is 12.3. The molecule has 0 radical (unpaired) electrons. The lowest BCUT2D eigenvalue weighted by Crippen LogP contribution is -2.36. The van der Waals surface area contributed by atoms with Crippen molar-refractivity contribution in [3.8, 4) is 0 Å². The van der Waals surface area contributed by atoms with E-state index in [-0.39, 0.29) is 5.56 Å². The first-order chi connectivity index (χ1) is 9.41. The van der Waals surface area contributed by atoms with Gasteiger partial charge in [-0.2, -0.15) is 10.3 Å². The molecule has 0 aliphatic rings. The number of carbonyl (C=O) groups excluding carboxylic acids is 1. The third kappa shape index (κ3) is 2.42. The monoisotopic (exact) mass is 277 g/mol. The third-order valence-corrected chi connectivity index (χ3v) is 3.05. The van der Waals surface area contributed by atoms with Crippen LogP contribution in [0.15, 0.2) is 4.79 Å². The van der Waals surface area contributed by atoms with E-state index in [4.69, 9.17) is 0 Å². The molecule has 0 fully saturated rings. The predicted octanol–water partition coefficient (Wildman–Crippen LogP) is -0.599. The quantitative estimate of drug-likeness (QED) is 0.773. The van der Waals surface area contributed by atoms with Crippen molar-refractivity contribution in [3.05, 3.63) is 33.0 Å². The van der Waals surface area contributed by atoms with E-state index in [0.29, 0.717) is 17.1 Å². The van der Waals surface area contributed by atoms with E-state index < -0.39 is 17.5 Å². The van der Waals surface area contributed by atoms with Gasteiger partial charge in [-0.1, -0.05) is 5.21 Å². The Morgan fingerprint density at radius 3 is 2.70 bits per heavy atom. The number of carbonyl (C=O) groups is 1. The SMILES string of the molecule is Cc1nn(C)c(=O)c(C(=O)NC(C)c2nn[nH]n2)c1C. The first-order valence-corrected chi connectivity index (χ1v) is 6.00. The van der Waals surface area contributed by atoms with Gasteiger partial charge in [0.25, 0.3) is 11.5 Å². The molecule has 0 saturated heterocycles. The van der Waals surface area contributed by atoms with Crippen LogP contribution in [0, 0.1) is 13.8 Å². The minimum Gasteiger partial charge on any atom is -0.342 e. The minimum atomic E-state index is -0.481. The molecule has 0 aliphatic carbocycles. The molecule has 0 saturated carbocycles. The molecule has 20 heavy (non-hydrogen) atoms. The average molecular weight is 277 g/mol. The smallest absolute Gasteiger partial charge is 0.279 e. The lowest BCUT2D eigenvalue weighted by atomic mass is 10.1. The highest BCUT2D eigenvalue weighted by molar-refractivity contribution is 5.95. The summed E-state index contributed by atoms with van der Waals surface area (Å²) < 4.78 is 1.15. The van der Waals surface area contributed by atoms with Crippen molar-refractivity contribution in [1.29, 1.82) is 0 Å². The molecule has 2 aromatic heterocycles. The van der Waals surface area contributed by atoms with Gasteiger partial charge in [-0.25, -0.2) is 4.68 Å². The van der Waals surface area contributed by atoms with Crippen molar-refractivity contribution in [2.24, 2.45) is 7.05 Å². The van der Waals surface area contributed by atoms with Crippen LogP contribution < -0.4 is 10.9 Å². The first-order valence-electron chi connectivity index (χ1n) is 6.00. The molecule has 1 unspecified atom stereocenters. The van der Waals surface area contributed by atoms with Crippen LogP contribution in [0.2, 0.25) is 0 Å². The van der Waals surface area contributed by atoms with Gasteiger partial charge < -0.3 is 5.32 Å². The van der Waals surface area contributed by atoms with Gasteiger partial charge >= 0.3 is 0 Å². The first kappa shape index (κ1) is 13.8. The molecule has 1 atom stereocenters. The molecule has 9 heteroatoms. The molecule has 1 amide bonds. The number of aryl methyl sites for hydroxylation is 2. The number of aromatic nitrogens is 6. The summed E-state index contributed by atoms with van der Waals surface area (Å²) in [6, 6.07) is -0.459. The van der Waals surface area contributed by atoms with Crippen molar-refractivity contribution in [2.45, 2.75) is 26.8 Å². The number of nitrogens with zero attached hydrogens (tertiary/aromatic N) is 5. The van der Waals surface area contributed by atoms with E-state index in [1.807, 2.05) is 0 Å². The van der Waals surface area contributed by atoms with Crippen LogP contribution >= 0.6 is 0 Å². The molecular formula is C11H15N7O2. The lowest BCUT2D eigenvalue weighted by molar-refractivity contribution is 0.0935. The highest BCUT2D eigenvalue weighted by Crippen LogP contribution is 2.09.